The number of hydrogen-bond donors (Lipinski definition) is 0. The first-order chi connectivity index (χ1) is 16.6. The summed E-state index contributed by atoms with van der Waals surface area (Å²) >= 11 is 0. The van der Waals surface area contributed by atoms with E-state index < -0.39 is 0 Å². The number of fused-ring (bicyclic) bond motifs is 2. The van der Waals surface area contributed by atoms with Crippen molar-refractivity contribution in [2.45, 2.75) is 85.0 Å². The van der Waals surface area contributed by atoms with Crippen molar-refractivity contribution in [1.29, 1.82) is 0 Å². The summed E-state index contributed by atoms with van der Waals surface area (Å²) in [5, 5.41) is 1.06. The molecule has 0 amide bonds. The molecule has 3 aliphatic rings. The van der Waals surface area contributed by atoms with Crippen LogP contribution in [0.3, 0.4) is 0 Å². The number of anilines is 1. The van der Waals surface area contributed by atoms with Crippen LogP contribution in [-0.4, -0.2) is 25.0 Å². The minimum atomic E-state index is -0.232. The van der Waals surface area contributed by atoms with Crippen molar-refractivity contribution in [2.24, 2.45) is 0 Å². The molecule has 0 bridgehead atoms. The minimum Gasteiger partial charge on any atom is -0.422 e. The van der Waals surface area contributed by atoms with Crippen LogP contribution in [0.2, 0.25) is 0 Å². The van der Waals surface area contributed by atoms with Crippen molar-refractivity contribution in [3.05, 3.63) is 68.2 Å². The summed E-state index contributed by atoms with van der Waals surface area (Å²) in [5.74, 6) is 0.505. The Morgan fingerprint density at radius 1 is 1.26 bits per heavy atom. The third-order valence-electron chi connectivity index (χ3n) is 8.69. The van der Waals surface area contributed by atoms with E-state index >= 15 is 0 Å². The van der Waals surface area contributed by atoms with Crippen molar-refractivity contribution < 1.29 is 4.42 Å². The van der Waals surface area contributed by atoms with E-state index in [-0.39, 0.29) is 11.0 Å². The van der Waals surface area contributed by atoms with Crippen LogP contribution in [0.4, 0.5) is 5.69 Å². The average molecular weight is 473 g/mol. The molecule has 4 heteroatoms. The first-order valence-electron chi connectivity index (χ1n) is 13.3. The maximum Gasteiger partial charge on any atom is 0.345 e. The molecule has 0 saturated heterocycles. The molecule has 2 aromatic rings. The number of allylic oxidation sites excluding steroid dienone is 5. The van der Waals surface area contributed by atoms with Gasteiger partial charge in [0.15, 0.2) is 0 Å². The smallest absolute Gasteiger partial charge is 0.345 e. The van der Waals surface area contributed by atoms with Crippen LogP contribution in [0.5, 0.6) is 0 Å². The largest absolute Gasteiger partial charge is 0.422 e. The Balaban J connectivity index is 1.77. The Morgan fingerprint density at radius 3 is 2.74 bits per heavy atom. The van der Waals surface area contributed by atoms with Gasteiger partial charge in [-0.05, 0) is 86.1 Å². The minimum absolute atomic E-state index is 0.0280. The van der Waals surface area contributed by atoms with Crippen LogP contribution in [0.25, 0.3) is 16.7 Å². The molecule has 1 atom stereocenters. The normalized spacial score (nSPS) is 21.8. The lowest BCUT2D eigenvalue weighted by Gasteiger charge is -2.45. The Bertz CT molecular complexity index is 1340. The summed E-state index contributed by atoms with van der Waals surface area (Å²) in [5.41, 5.74) is 9.91. The summed E-state index contributed by atoms with van der Waals surface area (Å²) in [6.45, 7) is 15.6. The summed E-state index contributed by atoms with van der Waals surface area (Å²) < 4.78 is 6.30. The molecule has 0 N–H and O–H groups in total. The Labute approximate surface area is 210 Å². The van der Waals surface area contributed by atoms with E-state index in [1.165, 1.54) is 40.1 Å². The molecule has 0 fully saturated rings. The summed E-state index contributed by atoms with van der Waals surface area (Å²) in [7, 11) is 2.11. The Kier molecular flexibility index (Phi) is 5.97. The van der Waals surface area contributed by atoms with Crippen LogP contribution in [0.1, 0.15) is 96.3 Å². The van der Waals surface area contributed by atoms with Gasteiger partial charge < -0.3 is 14.2 Å². The molecule has 35 heavy (non-hydrogen) atoms. The first-order valence-corrected chi connectivity index (χ1v) is 13.3. The average Bonchev–Trinajstić information content (AvgIpc) is 2.82. The topological polar surface area (TPSA) is 36.7 Å². The molecular weight excluding hydrogens is 432 g/mol. The monoisotopic (exact) mass is 472 g/mol. The summed E-state index contributed by atoms with van der Waals surface area (Å²) in [6, 6.07) is 4.43. The molecule has 4 nitrogen and oxygen atoms in total. The van der Waals surface area contributed by atoms with Gasteiger partial charge >= 0.3 is 5.63 Å². The maximum absolute atomic E-state index is 13.7. The van der Waals surface area contributed by atoms with E-state index in [4.69, 9.17) is 4.42 Å². The van der Waals surface area contributed by atoms with Crippen molar-refractivity contribution in [3.63, 3.8) is 0 Å². The number of hydrogen-bond acceptors (Lipinski definition) is 4. The molecule has 5 rings (SSSR count). The van der Waals surface area contributed by atoms with Crippen LogP contribution in [0, 0.1) is 0 Å². The SMILES string of the molecule is CC/C(C)=C(/c1cc2cc3c4c(c2oc1=O)C(C)(C)CCN4CC[C@H]3C)N(C)C1=C(C)C=CCC1. The second kappa shape index (κ2) is 8.72. The van der Waals surface area contributed by atoms with Gasteiger partial charge in [-0.15, -0.1) is 0 Å². The fourth-order valence-corrected chi connectivity index (χ4v) is 6.37. The highest BCUT2D eigenvalue weighted by molar-refractivity contribution is 5.91. The standard InChI is InChI=1S/C31H40N2O2/c1-8-19(2)27(32(7)25-12-10-9-11-21(25)4)24-18-22-17-23-20(3)13-15-33-16-14-31(5,6)26(28(23)33)29(22)35-30(24)34/h9,11,17-18,20H,8,10,12-16H2,1-7H3/b27-19-/t20-/m1/s1. The van der Waals surface area contributed by atoms with E-state index in [0.29, 0.717) is 11.5 Å². The van der Waals surface area contributed by atoms with Gasteiger partial charge in [-0.3, -0.25) is 0 Å². The van der Waals surface area contributed by atoms with Gasteiger partial charge in [-0.25, -0.2) is 4.79 Å². The molecule has 0 radical (unpaired) electrons. The highest BCUT2D eigenvalue weighted by Gasteiger charge is 2.39. The molecule has 1 aromatic heterocycles. The highest BCUT2D eigenvalue weighted by Crippen LogP contribution is 2.50. The van der Waals surface area contributed by atoms with Crippen LogP contribution < -0.4 is 10.5 Å². The van der Waals surface area contributed by atoms with E-state index in [2.05, 4.69) is 82.7 Å². The van der Waals surface area contributed by atoms with Crippen LogP contribution in [-0.2, 0) is 5.41 Å². The lowest BCUT2D eigenvalue weighted by atomic mass is 9.73. The van der Waals surface area contributed by atoms with E-state index in [1.807, 2.05) is 0 Å². The molecule has 2 aliphatic heterocycles. The summed E-state index contributed by atoms with van der Waals surface area (Å²) in [6.07, 6.45) is 9.57. The zero-order valence-corrected chi connectivity index (χ0v) is 22.5. The van der Waals surface area contributed by atoms with Crippen molar-refractivity contribution >= 4 is 22.4 Å². The fraction of sp³-hybridized carbons (Fsp3) is 0.516. The molecule has 0 saturated carbocycles. The van der Waals surface area contributed by atoms with E-state index in [0.717, 1.165) is 55.4 Å². The second-order valence-electron chi connectivity index (χ2n) is 11.5. The van der Waals surface area contributed by atoms with Gasteiger partial charge in [-0.1, -0.05) is 39.8 Å². The highest BCUT2D eigenvalue weighted by atomic mass is 16.4. The number of nitrogens with zero attached hydrogens (tertiary/aromatic N) is 2. The molecule has 3 heterocycles. The molecule has 0 unspecified atom stereocenters. The van der Waals surface area contributed by atoms with Crippen molar-refractivity contribution in [2.75, 3.05) is 25.0 Å². The Hall–Kier alpha value is -2.75. The maximum atomic E-state index is 13.7. The lowest BCUT2D eigenvalue weighted by molar-refractivity contribution is 0.430. The molecular formula is C31H40N2O2. The second-order valence-corrected chi connectivity index (χ2v) is 11.5. The fourth-order valence-electron chi connectivity index (χ4n) is 6.37. The molecule has 1 aliphatic carbocycles. The van der Waals surface area contributed by atoms with Crippen molar-refractivity contribution in [1.82, 2.24) is 4.90 Å². The number of benzene rings is 1. The molecule has 1 aromatic carbocycles. The quantitative estimate of drug-likeness (QED) is 0.432. The first kappa shape index (κ1) is 24.0. The number of rotatable bonds is 4. The van der Waals surface area contributed by atoms with Crippen LogP contribution in [0.15, 0.2) is 50.3 Å². The summed E-state index contributed by atoms with van der Waals surface area (Å²) in [4.78, 5) is 18.5. The van der Waals surface area contributed by atoms with Gasteiger partial charge in [0.2, 0.25) is 0 Å². The van der Waals surface area contributed by atoms with E-state index in [1.54, 1.807) is 0 Å². The van der Waals surface area contributed by atoms with E-state index in [9.17, 15) is 4.79 Å². The third kappa shape index (κ3) is 3.86. The zero-order chi connectivity index (χ0) is 25.1. The van der Waals surface area contributed by atoms with Crippen LogP contribution >= 0.6 is 0 Å². The third-order valence-corrected chi connectivity index (χ3v) is 8.69. The lowest BCUT2D eigenvalue weighted by Crippen LogP contribution is -2.41. The zero-order valence-electron chi connectivity index (χ0n) is 22.5. The van der Waals surface area contributed by atoms with Gasteiger partial charge in [0.25, 0.3) is 0 Å². The predicted molar refractivity (Wildman–Crippen MR) is 147 cm³/mol. The van der Waals surface area contributed by atoms with Gasteiger partial charge in [0, 0.05) is 42.5 Å². The predicted octanol–water partition coefficient (Wildman–Crippen LogP) is 7.48. The van der Waals surface area contributed by atoms with Gasteiger partial charge in [0.1, 0.15) is 5.58 Å². The van der Waals surface area contributed by atoms with Gasteiger partial charge in [-0.2, -0.15) is 0 Å². The van der Waals surface area contributed by atoms with Gasteiger partial charge in [0.05, 0.1) is 11.3 Å². The molecule has 186 valence electrons. The molecule has 0 spiro atoms. The Morgan fingerprint density at radius 2 is 2.03 bits per heavy atom. The van der Waals surface area contributed by atoms with Crippen molar-refractivity contribution in [3.8, 4) is 0 Å².